The smallest absolute Gasteiger partial charge is 0.422 e. The standard InChI is InChI=1S/C15H14F3NO3/c1-3-6-21-13-8-19(2)12-7-10(22-9-15(16,17)18)4-5-11(12)14(13)20/h3-5,7-8H,1,6,9H2,2H3. The third-order valence-electron chi connectivity index (χ3n) is 2.89. The molecule has 7 heteroatoms. The Labute approximate surface area is 124 Å². The molecule has 0 atom stereocenters. The maximum absolute atomic E-state index is 12.2. The topological polar surface area (TPSA) is 40.5 Å². The fraction of sp³-hybridized carbons (Fsp3) is 0.267. The minimum Gasteiger partial charge on any atom is -0.484 e. The average Bonchev–Trinajstić information content (AvgIpc) is 2.46. The van der Waals surface area contributed by atoms with Crippen LogP contribution in [0.1, 0.15) is 0 Å². The molecular formula is C15H14F3NO3. The summed E-state index contributed by atoms with van der Waals surface area (Å²) in [5, 5.41) is 0.337. The van der Waals surface area contributed by atoms with E-state index in [1.165, 1.54) is 30.5 Å². The maximum Gasteiger partial charge on any atom is 0.422 e. The predicted molar refractivity (Wildman–Crippen MR) is 76.4 cm³/mol. The van der Waals surface area contributed by atoms with Crippen molar-refractivity contribution >= 4 is 10.9 Å². The summed E-state index contributed by atoms with van der Waals surface area (Å²) in [5.41, 5.74) is 0.118. The molecular weight excluding hydrogens is 299 g/mol. The lowest BCUT2D eigenvalue weighted by Gasteiger charge is -2.12. The van der Waals surface area contributed by atoms with Crippen molar-refractivity contribution in [3.05, 3.63) is 47.3 Å². The fourth-order valence-electron chi connectivity index (χ4n) is 1.94. The van der Waals surface area contributed by atoms with Gasteiger partial charge in [-0.3, -0.25) is 4.79 Å². The second kappa shape index (κ2) is 6.13. The van der Waals surface area contributed by atoms with Crippen molar-refractivity contribution in [2.45, 2.75) is 6.18 Å². The van der Waals surface area contributed by atoms with E-state index in [1.807, 2.05) is 0 Å². The van der Waals surface area contributed by atoms with Gasteiger partial charge in [0.25, 0.3) is 0 Å². The van der Waals surface area contributed by atoms with Crippen molar-refractivity contribution in [2.75, 3.05) is 13.2 Å². The largest absolute Gasteiger partial charge is 0.484 e. The van der Waals surface area contributed by atoms with Gasteiger partial charge in [-0.15, -0.1) is 0 Å². The summed E-state index contributed by atoms with van der Waals surface area (Å²) in [6.07, 6.45) is -1.43. The summed E-state index contributed by atoms with van der Waals surface area (Å²) in [7, 11) is 1.66. The third kappa shape index (κ3) is 3.60. The van der Waals surface area contributed by atoms with Crippen LogP contribution in [0.15, 0.2) is 41.8 Å². The molecule has 0 saturated carbocycles. The number of aryl methyl sites for hydroxylation is 1. The average molecular weight is 313 g/mol. The number of rotatable bonds is 5. The quantitative estimate of drug-likeness (QED) is 0.797. The lowest BCUT2D eigenvalue weighted by molar-refractivity contribution is -0.153. The van der Waals surface area contributed by atoms with E-state index in [9.17, 15) is 18.0 Å². The number of halogens is 3. The summed E-state index contributed by atoms with van der Waals surface area (Å²) >= 11 is 0. The number of alkyl halides is 3. The molecule has 1 aromatic carbocycles. The van der Waals surface area contributed by atoms with Crippen molar-refractivity contribution in [3.8, 4) is 11.5 Å². The van der Waals surface area contributed by atoms with Crippen LogP contribution in [0.5, 0.6) is 11.5 Å². The van der Waals surface area contributed by atoms with Gasteiger partial charge in [-0.05, 0) is 12.1 Å². The number of pyridine rings is 1. The van der Waals surface area contributed by atoms with Crippen molar-refractivity contribution in [1.82, 2.24) is 4.57 Å². The van der Waals surface area contributed by atoms with Gasteiger partial charge >= 0.3 is 6.18 Å². The fourth-order valence-corrected chi connectivity index (χ4v) is 1.94. The first-order valence-corrected chi connectivity index (χ1v) is 6.38. The minimum atomic E-state index is -4.41. The molecule has 1 aromatic heterocycles. The number of hydrogen-bond donors (Lipinski definition) is 0. The van der Waals surface area contributed by atoms with E-state index in [0.717, 1.165) is 0 Å². The Hall–Kier alpha value is -2.44. The molecule has 0 amide bonds. The third-order valence-corrected chi connectivity index (χ3v) is 2.89. The van der Waals surface area contributed by atoms with Gasteiger partial charge < -0.3 is 14.0 Å². The van der Waals surface area contributed by atoms with Gasteiger partial charge in [0, 0.05) is 18.5 Å². The second-order valence-corrected chi connectivity index (χ2v) is 4.62. The van der Waals surface area contributed by atoms with E-state index >= 15 is 0 Å². The Morgan fingerprint density at radius 1 is 1.32 bits per heavy atom. The molecule has 0 aliphatic carbocycles. The van der Waals surface area contributed by atoms with Gasteiger partial charge in [-0.25, -0.2) is 0 Å². The van der Waals surface area contributed by atoms with Crippen molar-refractivity contribution in [2.24, 2.45) is 7.05 Å². The van der Waals surface area contributed by atoms with Gasteiger partial charge in [0.2, 0.25) is 5.43 Å². The number of hydrogen-bond acceptors (Lipinski definition) is 3. The highest BCUT2D eigenvalue weighted by Gasteiger charge is 2.28. The molecule has 4 nitrogen and oxygen atoms in total. The molecule has 0 spiro atoms. The highest BCUT2D eigenvalue weighted by molar-refractivity contribution is 5.81. The Morgan fingerprint density at radius 3 is 2.68 bits per heavy atom. The summed E-state index contributed by atoms with van der Waals surface area (Å²) in [6, 6.07) is 4.14. The number of nitrogens with zero attached hydrogens (tertiary/aromatic N) is 1. The molecule has 0 unspecified atom stereocenters. The zero-order valence-electron chi connectivity index (χ0n) is 11.8. The SMILES string of the molecule is C=CCOc1cn(C)c2cc(OCC(F)(F)F)ccc2c1=O. The first-order valence-electron chi connectivity index (χ1n) is 6.38. The van der Waals surface area contributed by atoms with E-state index in [0.29, 0.717) is 10.9 Å². The zero-order valence-corrected chi connectivity index (χ0v) is 11.8. The molecule has 118 valence electrons. The van der Waals surface area contributed by atoms with E-state index in [1.54, 1.807) is 11.6 Å². The van der Waals surface area contributed by atoms with Crippen molar-refractivity contribution < 1.29 is 22.6 Å². The number of ether oxygens (including phenoxy) is 2. The maximum atomic E-state index is 12.2. The van der Waals surface area contributed by atoms with Crippen LogP contribution in [0.2, 0.25) is 0 Å². The molecule has 22 heavy (non-hydrogen) atoms. The Kier molecular flexibility index (Phi) is 4.44. The van der Waals surface area contributed by atoms with Crippen molar-refractivity contribution in [1.29, 1.82) is 0 Å². The molecule has 2 rings (SSSR count). The van der Waals surface area contributed by atoms with Crippen LogP contribution >= 0.6 is 0 Å². The zero-order chi connectivity index (χ0) is 16.3. The Balaban J connectivity index is 2.39. The number of benzene rings is 1. The molecule has 0 aliphatic heterocycles. The van der Waals surface area contributed by atoms with Gasteiger partial charge in [-0.1, -0.05) is 12.7 Å². The van der Waals surface area contributed by atoms with Crippen LogP contribution in [0.4, 0.5) is 13.2 Å². The molecule has 1 heterocycles. The normalized spacial score (nSPS) is 11.5. The molecule has 0 bridgehead atoms. The lowest BCUT2D eigenvalue weighted by Crippen LogP contribution is -2.19. The van der Waals surface area contributed by atoms with E-state index in [-0.39, 0.29) is 23.5 Å². The van der Waals surface area contributed by atoms with Gasteiger partial charge in [0.1, 0.15) is 12.4 Å². The molecule has 0 fully saturated rings. The van der Waals surface area contributed by atoms with E-state index in [2.05, 4.69) is 11.3 Å². The summed E-state index contributed by atoms with van der Waals surface area (Å²) < 4.78 is 48.0. The monoisotopic (exact) mass is 313 g/mol. The predicted octanol–water partition coefficient (Wildman–Crippen LogP) is 3.04. The first kappa shape index (κ1) is 15.9. The second-order valence-electron chi connectivity index (χ2n) is 4.62. The van der Waals surface area contributed by atoms with Crippen LogP contribution in [0.25, 0.3) is 10.9 Å². The van der Waals surface area contributed by atoms with Crippen LogP contribution in [0.3, 0.4) is 0 Å². The summed E-state index contributed by atoms with van der Waals surface area (Å²) in [4.78, 5) is 12.2. The highest BCUT2D eigenvalue weighted by atomic mass is 19.4. The summed E-state index contributed by atoms with van der Waals surface area (Å²) in [5.74, 6) is 0.193. The minimum absolute atomic E-state index is 0.0413. The van der Waals surface area contributed by atoms with Crippen LogP contribution in [0, 0.1) is 0 Å². The first-order chi connectivity index (χ1) is 10.3. The number of aromatic nitrogens is 1. The molecule has 0 saturated heterocycles. The number of fused-ring (bicyclic) bond motifs is 1. The highest BCUT2D eigenvalue weighted by Crippen LogP contribution is 2.23. The summed E-state index contributed by atoms with van der Waals surface area (Å²) in [6.45, 7) is 2.31. The molecule has 2 aromatic rings. The van der Waals surface area contributed by atoms with E-state index < -0.39 is 12.8 Å². The molecule has 0 N–H and O–H groups in total. The van der Waals surface area contributed by atoms with Crippen LogP contribution in [-0.4, -0.2) is 24.0 Å². The van der Waals surface area contributed by atoms with Crippen LogP contribution in [-0.2, 0) is 7.05 Å². The lowest BCUT2D eigenvalue weighted by atomic mass is 10.2. The van der Waals surface area contributed by atoms with Gasteiger partial charge in [-0.2, -0.15) is 13.2 Å². The molecule has 0 radical (unpaired) electrons. The van der Waals surface area contributed by atoms with E-state index in [4.69, 9.17) is 4.74 Å². The van der Waals surface area contributed by atoms with Gasteiger partial charge in [0.05, 0.1) is 11.7 Å². The van der Waals surface area contributed by atoms with Gasteiger partial charge in [0.15, 0.2) is 12.4 Å². The van der Waals surface area contributed by atoms with Crippen molar-refractivity contribution in [3.63, 3.8) is 0 Å². The Morgan fingerprint density at radius 2 is 2.05 bits per heavy atom. The molecule has 0 aliphatic rings. The van der Waals surface area contributed by atoms with Crippen LogP contribution < -0.4 is 14.9 Å². The Bertz CT molecular complexity index is 750.